The average Bonchev–Trinajstić information content (AvgIpc) is 3.04. The predicted octanol–water partition coefficient (Wildman–Crippen LogP) is 7.84. The average molecular weight is 542 g/mol. The molecule has 0 fully saturated rings. The Morgan fingerprint density at radius 3 is 1.27 bits per heavy atom. The van der Waals surface area contributed by atoms with Gasteiger partial charge in [-0.2, -0.15) is 0 Å². The number of benzene rings is 5. The Morgan fingerprint density at radius 2 is 0.878 bits per heavy atom. The first-order valence-corrected chi connectivity index (χ1v) is 14.5. The van der Waals surface area contributed by atoms with E-state index in [0.717, 1.165) is 36.3 Å². The minimum atomic E-state index is -0.768. The summed E-state index contributed by atoms with van der Waals surface area (Å²) in [5.74, 6) is 0. The number of hydrogen-bond acceptors (Lipinski definition) is 3. The molecular formula is C38H39NO2. The molecule has 0 aliphatic heterocycles. The zero-order valence-corrected chi connectivity index (χ0v) is 23.6. The highest BCUT2D eigenvalue weighted by Crippen LogP contribution is 2.40. The van der Waals surface area contributed by atoms with Crippen LogP contribution in [0, 0.1) is 0 Å². The van der Waals surface area contributed by atoms with E-state index in [-0.39, 0.29) is 0 Å². The molecule has 1 atom stereocenters. The fourth-order valence-electron chi connectivity index (χ4n) is 5.49. The van der Waals surface area contributed by atoms with Crippen LogP contribution in [0.4, 0.5) is 0 Å². The van der Waals surface area contributed by atoms with Crippen molar-refractivity contribution in [2.24, 2.45) is 0 Å². The fourth-order valence-corrected chi connectivity index (χ4v) is 5.49. The molecule has 0 bridgehead atoms. The zero-order chi connectivity index (χ0) is 28.2. The van der Waals surface area contributed by atoms with Crippen LogP contribution in [0.1, 0.15) is 40.7 Å². The van der Waals surface area contributed by atoms with Crippen LogP contribution < -0.4 is 0 Å². The van der Waals surface area contributed by atoms with Crippen LogP contribution in [0.3, 0.4) is 0 Å². The lowest BCUT2D eigenvalue weighted by Crippen LogP contribution is -2.34. The van der Waals surface area contributed by atoms with Crippen molar-refractivity contribution in [3.05, 3.63) is 179 Å². The molecule has 0 aliphatic carbocycles. The van der Waals surface area contributed by atoms with Crippen LogP contribution in [0.2, 0.25) is 0 Å². The smallest absolute Gasteiger partial charge is 0.143 e. The van der Waals surface area contributed by atoms with Crippen molar-refractivity contribution in [3.63, 3.8) is 0 Å². The largest absolute Gasteiger partial charge is 0.393 e. The lowest BCUT2D eigenvalue weighted by atomic mass is 9.80. The van der Waals surface area contributed by atoms with Crippen molar-refractivity contribution in [1.29, 1.82) is 0 Å². The molecule has 0 unspecified atom stereocenters. The molecule has 5 rings (SSSR count). The Bertz CT molecular complexity index is 1270. The summed E-state index contributed by atoms with van der Waals surface area (Å²) >= 11 is 0. The summed E-state index contributed by atoms with van der Waals surface area (Å²) in [5, 5.41) is 11.1. The second-order valence-corrected chi connectivity index (χ2v) is 10.5. The fraction of sp³-hybridized carbons (Fsp3) is 0.211. The minimum Gasteiger partial charge on any atom is -0.393 e. The molecule has 0 radical (unpaired) electrons. The van der Waals surface area contributed by atoms with Crippen LogP contribution >= 0.6 is 0 Å². The number of hydrogen-bond donors (Lipinski definition) is 1. The predicted molar refractivity (Wildman–Crippen MR) is 167 cm³/mol. The molecule has 1 N–H and O–H groups in total. The summed E-state index contributed by atoms with van der Waals surface area (Å²) in [7, 11) is 0. The monoisotopic (exact) mass is 541 g/mol. The third-order valence-electron chi connectivity index (χ3n) is 7.59. The summed E-state index contributed by atoms with van der Waals surface area (Å²) in [5.41, 5.74) is 5.01. The van der Waals surface area contributed by atoms with Crippen molar-refractivity contribution < 1.29 is 9.84 Å². The molecule has 0 aliphatic rings. The third-order valence-corrected chi connectivity index (χ3v) is 7.59. The number of aliphatic hydroxyl groups is 1. The van der Waals surface area contributed by atoms with Gasteiger partial charge in [0, 0.05) is 19.6 Å². The van der Waals surface area contributed by atoms with Gasteiger partial charge in [0.25, 0.3) is 0 Å². The highest BCUT2D eigenvalue weighted by Gasteiger charge is 2.37. The second kappa shape index (κ2) is 14.6. The van der Waals surface area contributed by atoms with Crippen LogP contribution in [-0.2, 0) is 23.4 Å². The maximum atomic E-state index is 11.1. The quantitative estimate of drug-likeness (QED) is 0.145. The highest BCUT2D eigenvalue weighted by atomic mass is 16.5. The normalized spacial score (nSPS) is 12.3. The topological polar surface area (TPSA) is 32.7 Å². The lowest BCUT2D eigenvalue weighted by molar-refractivity contribution is -0.00769. The van der Waals surface area contributed by atoms with E-state index in [1.165, 1.54) is 11.1 Å². The third kappa shape index (κ3) is 7.59. The Balaban J connectivity index is 1.29. The molecule has 0 saturated heterocycles. The van der Waals surface area contributed by atoms with Crippen molar-refractivity contribution in [2.45, 2.75) is 37.6 Å². The van der Waals surface area contributed by atoms with Gasteiger partial charge >= 0.3 is 0 Å². The molecule has 0 saturated carbocycles. The number of nitrogens with zero attached hydrogens (tertiary/aromatic N) is 1. The summed E-state index contributed by atoms with van der Waals surface area (Å²) in [4.78, 5) is 2.41. The van der Waals surface area contributed by atoms with Crippen molar-refractivity contribution >= 4 is 0 Å². The molecular weight excluding hydrogens is 502 g/mol. The van der Waals surface area contributed by atoms with Gasteiger partial charge in [0.2, 0.25) is 0 Å². The van der Waals surface area contributed by atoms with Gasteiger partial charge in [-0.05, 0) is 40.7 Å². The van der Waals surface area contributed by atoms with Gasteiger partial charge in [-0.25, -0.2) is 0 Å². The highest BCUT2D eigenvalue weighted by molar-refractivity contribution is 5.47. The molecule has 0 aromatic heterocycles. The minimum absolute atomic E-state index is 0.428. The van der Waals surface area contributed by atoms with Gasteiger partial charge in [-0.3, -0.25) is 4.90 Å². The lowest BCUT2D eigenvalue weighted by Gasteiger charge is -2.36. The van der Waals surface area contributed by atoms with Crippen molar-refractivity contribution in [2.75, 3.05) is 13.2 Å². The Morgan fingerprint density at radius 1 is 0.512 bits per heavy atom. The Kier molecular flexibility index (Phi) is 10.1. The number of ether oxygens (including phenoxy) is 1. The first-order valence-electron chi connectivity index (χ1n) is 14.5. The first-order chi connectivity index (χ1) is 20.2. The van der Waals surface area contributed by atoms with Gasteiger partial charge in [0.15, 0.2) is 0 Å². The van der Waals surface area contributed by atoms with E-state index in [1.54, 1.807) is 0 Å². The van der Waals surface area contributed by atoms with E-state index in [1.807, 2.05) is 18.2 Å². The van der Waals surface area contributed by atoms with Gasteiger partial charge in [-0.1, -0.05) is 152 Å². The van der Waals surface area contributed by atoms with E-state index in [9.17, 15) is 5.11 Å². The van der Waals surface area contributed by atoms with Crippen LogP contribution in [0.15, 0.2) is 152 Å². The van der Waals surface area contributed by atoms with Crippen LogP contribution in [0.5, 0.6) is 0 Å². The summed E-state index contributed by atoms with van der Waals surface area (Å²) in [6.45, 7) is 2.92. The van der Waals surface area contributed by atoms with Gasteiger partial charge < -0.3 is 9.84 Å². The molecule has 3 heteroatoms. The molecule has 5 aromatic carbocycles. The standard InChI is InChI=1S/C38H39NO2/c40-37(26-28-39(30-32-16-6-1-7-17-32)31-33-18-8-2-9-19-33)27-29-41-38(34-20-10-3-11-21-34,35-22-12-4-13-23-35)36-24-14-5-15-25-36/h1-25,37,40H,26-31H2/t37-/m1/s1. The van der Waals surface area contributed by atoms with Crippen LogP contribution in [0.25, 0.3) is 0 Å². The molecule has 3 nitrogen and oxygen atoms in total. The summed E-state index contributed by atoms with van der Waals surface area (Å²) < 4.78 is 6.88. The van der Waals surface area contributed by atoms with Crippen molar-refractivity contribution in [3.8, 4) is 0 Å². The summed E-state index contributed by atoms with van der Waals surface area (Å²) in [6, 6.07) is 52.3. The number of aliphatic hydroxyl groups excluding tert-OH is 1. The Labute approximate surface area is 244 Å². The molecule has 0 spiro atoms. The molecule has 208 valence electrons. The van der Waals surface area contributed by atoms with Crippen LogP contribution in [-0.4, -0.2) is 29.3 Å². The molecule has 0 heterocycles. The van der Waals surface area contributed by atoms with Crippen molar-refractivity contribution in [1.82, 2.24) is 4.90 Å². The molecule has 0 amide bonds. The van der Waals surface area contributed by atoms with Gasteiger partial charge in [0.05, 0.1) is 12.7 Å². The van der Waals surface area contributed by atoms with E-state index in [2.05, 4.69) is 138 Å². The first kappa shape index (κ1) is 28.5. The van der Waals surface area contributed by atoms with E-state index < -0.39 is 11.7 Å². The van der Waals surface area contributed by atoms with Gasteiger partial charge in [0.1, 0.15) is 5.60 Å². The molecule has 41 heavy (non-hydrogen) atoms. The summed E-state index contributed by atoms with van der Waals surface area (Å²) in [6.07, 6.45) is 0.764. The maximum absolute atomic E-state index is 11.1. The van der Waals surface area contributed by atoms with E-state index in [4.69, 9.17) is 4.74 Å². The zero-order valence-electron chi connectivity index (χ0n) is 23.6. The van der Waals surface area contributed by atoms with E-state index >= 15 is 0 Å². The maximum Gasteiger partial charge on any atom is 0.143 e. The Hall–Kier alpha value is -4.02. The number of rotatable bonds is 14. The second-order valence-electron chi connectivity index (χ2n) is 10.5. The SMILES string of the molecule is O[C@@H](CCOC(c1ccccc1)(c1ccccc1)c1ccccc1)CCN(Cc1ccccc1)Cc1ccccc1. The molecule has 5 aromatic rings. The van der Waals surface area contributed by atoms with E-state index in [0.29, 0.717) is 19.4 Å². The van der Waals surface area contributed by atoms with Gasteiger partial charge in [-0.15, -0.1) is 0 Å².